The van der Waals surface area contributed by atoms with Gasteiger partial charge in [-0.05, 0) is 53.6 Å². The molecular weight excluding hydrogens is 448 g/mol. The quantitative estimate of drug-likeness (QED) is 0.368. The molecule has 0 saturated heterocycles. The molecule has 0 spiro atoms. The molecular formula is C27H36N2O4S. The van der Waals surface area contributed by atoms with Crippen molar-refractivity contribution in [1.82, 2.24) is 9.80 Å². The highest BCUT2D eigenvalue weighted by molar-refractivity contribution is 7.10. The fourth-order valence-electron chi connectivity index (χ4n) is 4.19. The molecule has 1 aliphatic heterocycles. The predicted octanol–water partition coefficient (Wildman–Crippen LogP) is 3.71. The molecule has 1 aliphatic rings. The van der Waals surface area contributed by atoms with E-state index in [1.54, 1.807) is 11.3 Å². The summed E-state index contributed by atoms with van der Waals surface area (Å²) in [7, 11) is 0. The minimum absolute atomic E-state index is 0.0409. The summed E-state index contributed by atoms with van der Waals surface area (Å²) in [5.41, 5.74) is 2.45. The molecule has 34 heavy (non-hydrogen) atoms. The number of aliphatic hydroxyl groups excluding tert-OH is 1. The van der Waals surface area contributed by atoms with Crippen LogP contribution in [0.25, 0.3) is 0 Å². The molecule has 184 valence electrons. The molecule has 7 heteroatoms. The third kappa shape index (κ3) is 7.07. The molecule has 1 N–H and O–H groups in total. The molecule has 0 fully saturated rings. The number of likely N-dealkylation sites (N-methyl/N-ethyl adjacent to an activating group) is 1. The third-order valence-corrected chi connectivity index (χ3v) is 7.14. The average Bonchev–Trinajstić information content (AvgIpc) is 3.31. The summed E-state index contributed by atoms with van der Waals surface area (Å²) in [5.74, 6) is 3.71. The maximum atomic E-state index is 13.4. The Morgan fingerprint density at radius 1 is 1.32 bits per heavy atom. The van der Waals surface area contributed by atoms with E-state index >= 15 is 0 Å². The van der Waals surface area contributed by atoms with Crippen LogP contribution in [-0.2, 0) is 16.0 Å². The maximum Gasteiger partial charge on any atom is 0.237 e. The second kappa shape index (κ2) is 12.9. The largest absolute Gasteiger partial charge is 0.491 e. The first-order valence-electron chi connectivity index (χ1n) is 11.9. The standard InChI is InChI=1S/C27H36N2O4S/c1-5-14-32-18-22(30)16-28(6-2)17-27(31)29-13-11-26-24(12-15-34-26)25(29)19-33-23-9-7-21(8-10-23)20(3)4/h1,7-10,12,15,20,22,25,30H,6,11,13-14,16-19H2,2-4H3/t22-,25+/m0/s1. The Morgan fingerprint density at radius 2 is 2.09 bits per heavy atom. The Kier molecular flexibility index (Phi) is 9.97. The molecule has 0 aliphatic carbocycles. The summed E-state index contributed by atoms with van der Waals surface area (Å²) in [6.45, 7) is 8.96. The van der Waals surface area contributed by atoms with Gasteiger partial charge in [0.1, 0.15) is 19.0 Å². The molecule has 2 aromatic rings. The predicted molar refractivity (Wildman–Crippen MR) is 136 cm³/mol. The molecule has 2 atom stereocenters. The summed E-state index contributed by atoms with van der Waals surface area (Å²) in [6.07, 6.45) is 5.34. The number of carbonyl (C=O) groups excluding carboxylic acids is 1. The molecule has 1 aromatic heterocycles. The number of aliphatic hydroxyl groups is 1. The van der Waals surface area contributed by atoms with Gasteiger partial charge in [-0.2, -0.15) is 0 Å². The van der Waals surface area contributed by atoms with Crippen molar-refractivity contribution < 1.29 is 19.4 Å². The highest BCUT2D eigenvalue weighted by atomic mass is 32.1. The fourth-order valence-corrected chi connectivity index (χ4v) is 5.12. The highest BCUT2D eigenvalue weighted by Crippen LogP contribution is 2.34. The number of fused-ring (bicyclic) bond motifs is 1. The van der Waals surface area contributed by atoms with Crippen molar-refractivity contribution in [3.8, 4) is 18.1 Å². The van der Waals surface area contributed by atoms with E-state index in [2.05, 4.69) is 43.3 Å². The zero-order chi connectivity index (χ0) is 24.5. The lowest BCUT2D eigenvalue weighted by Gasteiger charge is -2.37. The van der Waals surface area contributed by atoms with Crippen molar-refractivity contribution in [3.63, 3.8) is 0 Å². The van der Waals surface area contributed by atoms with Crippen molar-refractivity contribution in [1.29, 1.82) is 0 Å². The van der Waals surface area contributed by atoms with Gasteiger partial charge in [0.05, 0.1) is 25.3 Å². The van der Waals surface area contributed by atoms with E-state index in [1.807, 2.05) is 28.9 Å². The van der Waals surface area contributed by atoms with Crippen molar-refractivity contribution >= 4 is 17.2 Å². The normalized spacial score (nSPS) is 16.4. The topological polar surface area (TPSA) is 62.2 Å². The SMILES string of the molecule is C#CCOC[C@@H](O)CN(CC)CC(=O)N1CCc2sccc2[C@H]1COc1ccc(C(C)C)cc1. The zero-order valence-electron chi connectivity index (χ0n) is 20.4. The highest BCUT2D eigenvalue weighted by Gasteiger charge is 2.33. The number of carbonyl (C=O) groups is 1. The maximum absolute atomic E-state index is 13.4. The number of nitrogens with zero attached hydrogens (tertiary/aromatic N) is 2. The van der Waals surface area contributed by atoms with E-state index in [9.17, 15) is 9.90 Å². The van der Waals surface area contributed by atoms with Crippen molar-refractivity contribution in [2.45, 2.75) is 45.3 Å². The lowest BCUT2D eigenvalue weighted by Crippen LogP contribution is -2.48. The van der Waals surface area contributed by atoms with E-state index in [0.29, 0.717) is 32.2 Å². The molecule has 2 heterocycles. The van der Waals surface area contributed by atoms with Crippen LogP contribution in [0.1, 0.15) is 48.7 Å². The van der Waals surface area contributed by atoms with Crippen LogP contribution in [0, 0.1) is 12.3 Å². The number of rotatable bonds is 12. The fraction of sp³-hybridized carbons (Fsp3) is 0.519. The summed E-state index contributed by atoms with van der Waals surface area (Å²) >= 11 is 1.74. The first-order chi connectivity index (χ1) is 16.4. The molecule has 1 amide bonds. The van der Waals surface area contributed by atoms with Gasteiger partial charge in [0.2, 0.25) is 5.91 Å². The Hall–Kier alpha value is -2.37. The van der Waals surface area contributed by atoms with E-state index in [1.165, 1.54) is 16.0 Å². The molecule has 3 rings (SSSR count). The Balaban J connectivity index is 1.65. The van der Waals surface area contributed by atoms with Crippen LogP contribution in [0.4, 0.5) is 0 Å². The lowest BCUT2D eigenvalue weighted by molar-refractivity contribution is -0.136. The number of thiophene rings is 1. The van der Waals surface area contributed by atoms with Crippen LogP contribution in [0.5, 0.6) is 5.75 Å². The van der Waals surface area contributed by atoms with E-state index < -0.39 is 6.10 Å². The van der Waals surface area contributed by atoms with Gasteiger partial charge in [0, 0.05) is 18.0 Å². The number of hydrogen-bond donors (Lipinski definition) is 1. The van der Waals surface area contributed by atoms with Gasteiger partial charge in [-0.25, -0.2) is 0 Å². The van der Waals surface area contributed by atoms with Crippen molar-refractivity contribution in [3.05, 3.63) is 51.7 Å². The third-order valence-electron chi connectivity index (χ3n) is 6.14. The van der Waals surface area contributed by atoms with Gasteiger partial charge >= 0.3 is 0 Å². The second-order valence-electron chi connectivity index (χ2n) is 8.89. The molecule has 6 nitrogen and oxygen atoms in total. The summed E-state index contributed by atoms with van der Waals surface area (Å²) in [4.78, 5) is 18.6. The molecule has 0 saturated carbocycles. The Bertz CT molecular complexity index is 950. The van der Waals surface area contributed by atoms with Gasteiger partial charge < -0.3 is 19.5 Å². The van der Waals surface area contributed by atoms with Gasteiger partial charge in [-0.3, -0.25) is 9.69 Å². The van der Waals surface area contributed by atoms with E-state index in [-0.39, 0.29) is 31.7 Å². The van der Waals surface area contributed by atoms with Crippen LogP contribution in [0.15, 0.2) is 35.7 Å². The smallest absolute Gasteiger partial charge is 0.237 e. The van der Waals surface area contributed by atoms with Gasteiger partial charge in [-0.1, -0.05) is 38.8 Å². The molecule has 1 aromatic carbocycles. The first-order valence-corrected chi connectivity index (χ1v) is 12.8. The van der Waals surface area contributed by atoms with Crippen LogP contribution in [-0.4, -0.2) is 72.9 Å². The Morgan fingerprint density at radius 3 is 2.76 bits per heavy atom. The van der Waals surface area contributed by atoms with Crippen molar-refractivity contribution in [2.24, 2.45) is 0 Å². The monoisotopic (exact) mass is 484 g/mol. The molecule has 0 unspecified atom stereocenters. The number of ether oxygens (including phenoxy) is 2. The number of terminal acetylenes is 1. The molecule has 0 bridgehead atoms. The minimum Gasteiger partial charge on any atom is -0.491 e. The van der Waals surface area contributed by atoms with Crippen LogP contribution in [0.2, 0.25) is 0 Å². The summed E-state index contributed by atoms with van der Waals surface area (Å²) < 4.78 is 11.4. The minimum atomic E-state index is -0.695. The van der Waals surface area contributed by atoms with Gasteiger partial charge in [-0.15, -0.1) is 17.8 Å². The zero-order valence-corrected chi connectivity index (χ0v) is 21.2. The van der Waals surface area contributed by atoms with Crippen LogP contribution < -0.4 is 4.74 Å². The van der Waals surface area contributed by atoms with Crippen LogP contribution in [0.3, 0.4) is 0 Å². The number of amides is 1. The second-order valence-corrected chi connectivity index (χ2v) is 9.89. The number of hydrogen-bond acceptors (Lipinski definition) is 6. The van der Waals surface area contributed by atoms with Crippen molar-refractivity contribution in [2.75, 3.05) is 46.0 Å². The average molecular weight is 485 g/mol. The van der Waals surface area contributed by atoms with Gasteiger partial charge in [0.15, 0.2) is 0 Å². The van der Waals surface area contributed by atoms with E-state index in [0.717, 1.165) is 12.2 Å². The van der Waals surface area contributed by atoms with Crippen LogP contribution >= 0.6 is 11.3 Å². The van der Waals surface area contributed by atoms with E-state index in [4.69, 9.17) is 15.9 Å². The molecule has 0 radical (unpaired) electrons. The summed E-state index contributed by atoms with van der Waals surface area (Å²) in [6, 6.07) is 10.2. The Labute approximate surface area is 207 Å². The summed E-state index contributed by atoms with van der Waals surface area (Å²) in [5, 5.41) is 12.3. The lowest BCUT2D eigenvalue weighted by atomic mass is 10.00. The van der Waals surface area contributed by atoms with Gasteiger partial charge in [0.25, 0.3) is 0 Å². The first kappa shape index (κ1) is 26.2. The number of benzene rings is 1.